The van der Waals surface area contributed by atoms with Gasteiger partial charge in [0.2, 0.25) is 0 Å². The van der Waals surface area contributed by atoms with E-state index in [1.807, 2.05) is 15.4 Å². The third kappa shape index (κ3) is 10.3. The summed E-state index contributed by atoms with van der Waals surface area (Å²) in [6, 6.07) is 16.2. The summed E-state index contributed by atoms with van der Waals surface area (Å²) in [5.41, 5.74) is 3.21. The van der Waals surface area contributed by atoms with Crippen LogP contribution >= 0.6 is 0 Å². The zero-order valence-corrected chi connectivity index (χ0v) is 32.7. The van der Waals surface area contributed by atoms with Crippen molar-refractivity contribution < 1.29 is 49.0 Å². The molecule has 3 aliphatic carbocycles. The van der Waals surface area contributed by atoms with Crippen molar-refractivity contribution in [3.63, 3.8) is 0 Å². The van der Waals surface area contributed by atoms with Crippen LogP contribution in [0.2, 0.25) is 0 Å². The molecule has 0 nitrogen and oxygen atoms in total. The summed E-state index contributed by atoms with van der Waals surface area (Å²) in [5, 5.41) is 5.48. The quantitative estimate of drug-likeness (QED) is 0.293. The molecule has 3 aromatic carbocycles. The molecule has 0 bridgehead atoms. The number of hydrogen-bond acceptors (Lipinski definition) is 0. The first-order valence-corrected chi connectivity index (χ1v) is 18.0. The second-order valence-corrected chi connectivity index (χ2v) is 16.8. The smallest absolute Gasteiger partial charge is 0.109 e. The number of benzene rings is 2. The average molecular weight is 711 g/mol. The SMILES string of the molecule is CC(C)(C)c1ccc2c(c1)[cH-]c1cc(C(C)(C)C)ccc12.CC([C](=[Zr+2])C(C)C1CCCC1)C1CCCC1.[C-]1=CC=CC1.[Cl-].[Cl-]. The van der Waals surface area contributed by atoms with Gasteiger partial charge in [-0.3, -0.25) is 6.08 Å². The summed E-state index contributed by atoms with van der Waals surface area (Å²) in [5.74, 6) is 3.93. The minimum absolute atomic E-state index is 0. The summed E-state index contributed by atoms with van der Waals surface area (Å²) < 4.78 is 1.91. The number of fused-ring (bicyclic) bond motifs is 3. The van der Waals surface area contributed by atoms with Crippen LogP contribution in [0.3, 0.4) is 0 Å². The molecule has 0 saturated heterocycles. The maximum absolute atomic E-state index is 2.99. The molecular formula is C41H56Cl2Zr-2. The van der Waals surface area contributed by atoms with Gasteiger partial charge < -0.3 is 24.8 Å². The van der Waals surface area contributed by atoms with E-state index in [-0.39, 0.29) is 35.6 Å². The van der Waals surface area contributed by atoms with E-state index in [0.717, 1.165) is 30.1 Å². The summed E-state index contributed by atoms with van der Waals surface area (Å²) >= 11 is 1.73. The molecule has 0 aliphatic heterocycles. The van der Waals surface area contributed by atoms with Crippen LogP contribution in [0.1, 0.15) is 124 Å². The maximum Gasteiger partial charge on any atom is -0.109 e. The number of hydrogen-bond donors (Lipinski definition) is 0. The van der Waals surface area contributed by atoms with Crippen molar-refractivity contribution in [3.05, 3.63) is 77.9 Å². The van der Waals surface area contributed by atoms with Crippen molar-refractivity contribution >= 4 is 24.8 Å². The van der Waals surface area contributed by atoms with Crippen LogP contribution in [-0.4, -0.2) is 3.21 Å². The van der Waals surface area contributed by atoms with Gasteiger partial charge in [0.05, 0.1) is 0 Å². The van der Waals surface area contributed by atoms with E-state index in [2.05, 4.69) is 110 Å². The molecule has 0 amide bonds. The predicted molar refractivity (Wildman–Crippen MR) is 183 cm³/mol. The van der Waals surface area contributed by atoms with E-state index < -0.39 is 0 Å². The van der Waals surface area contributed by atoms with Gasteiger partial charge >= 0.3 is 116 Å². The van der Waals surface area contributed by atoms with E-state index in [1.54, 1.807) is 24.2 Å². The van der Waals surface area contributed by atoms with Crippen LogP contribution in [0.4, 0.5) is 0 Å². The van der Waals surface area contributed by atoms with Gasteiger partial charge in [-0.25, -0.2) is 12.2 Å². The average Bonchev–Trinajstić information content (AvgIpc) is 3.77. The molecule has 6 rings (SSSR count). The molecular weight excluding hydrogens is 655 g/mol. The largest absolute Gasteiger partial charge is 1.00 e. The summed E-state index contributed by atoms with van der Waals surface area (Å²) in [7, 11) is 0. The topological polar surface area (TPSA) is 0 Å². The van der Waals surface area contributed by atoms with Crippen LogP contribution in [0.5, 0.6) is 0 Å². The van der Waals surface area contributed by atoms with Gasteiger partial charge in [-0.05, 0) is 10.8 Å². The second-order valence-electron chi connectivity index (χ2n) is 15.4. The van der Waals surface area contributed by atoms with Gasteiger partial charge in [-0.2, -0.15) is 6.08 Å². The first-order valence-electron chi connectivity index (χ1n) is 16.8. The summed E-state index contributed by atoms with van der Waals surface area (Å²) in [4.78, 5) is 0. The Bertz CT molecular complexity index is 1280. The van der Waals surface area contributed by atoms with E-state index in [9.17, 15) is 0 Å². The van der Waals surface area contributed by atoms with Crippen LogP contribution in [0.25, 0.3) is 21.5 Å². The van der Waals surface area contributed by atoms with Gasteiger partial charge in [0.1, 0.15) is 0 Å². The van der Waals surface area contributed by atoms with Gasteiger partial charge in [0.25, 0.3) is 0 Å². The molecule has 0 radical (unpaired) electrons. The number of rotatable bonds is 4. The molecule has 0 spiro atoms. The summed E-state index contributed by atoms with van der Waals surface area (Å²) in [6.07, 6.45) is 22.0. The van der Waals surface area contributed by atoms with E-state index in [1.165, 1.54) is 84.0 Å². The van der Waals surface area contributed by atoms with E-state index in [4.69, 9.17) is 0 Å². The molecule has 0 aromatic heterocycles. The number of halogens is 2. The van der Waals surface area contributed by atoms with Crippen molar-refractivity contribution in [2.75, 3.05) is 0 Å². The molecule has 240 valence electrons. The van der Waals surface area contributed by atoms with Gasteiger partial charge in [0.15, 0.2) is 0 Å². The Morgan fingerprint density at radius 1 is 0.727 bits per heavy atom. The standard InChI is InChI=1S/C21H25.C15H26.C5H5.2ClH.Zr/c1-20(2,3)16-7-9-18-14(12-16)11-15-13-17(21(4,5)6)8-10-19(15)18;1-12(14-7-3-4-8-14)11-13(2)15-9-5-6-10-15;1-2-4-5-3-1;;;/h7-13H,1-6H3;12-15H,3-10H2,1-2H3;1-3H,4H2;2*1H;/q-1;;-1;;;+2/p-2. The molecule has 0 heterocycles. The van der Waals surface area contributed by atoms with Crippen LogP contribution in [0.15, 0.2) is 60.7 Å². The zero-order valence-electron chi connectivity index (χ0n) is 28.7. The van der Waals surface area contributed by atoms with Crippen LogP contribution in [0, 0.1) is 29.7 Å². The van der Waals surface area contributed by atoms with Gasteiger partial charge in [0, 0.05) is 0 Å². The molecule has 3 heteroatoms. The van der Waals surface area contributed by atoms with Crippen molar-refractivity contribution in [1.29, 1.82) is 0 Å². The molecule has 2 fully saturated rings. The normalized spacial score (nSPS) is 18.2. The Hall–Kier alpha value is -0.877. The molecule has 0 N–H and O–H groups in total. The minimum atomic E-state index is 0. The molecule has 2 atom stereocenters. The fourth-order valence-electron chi connectivity index (χ4n) is 7.13. The van der Waals surface area contributed by atoms with E-state index in [0.29, 0.717) is 0 Å². The Kier molecular flexibility index (Phi) is 15.5. The fraction of sp³-hybridized carbons (Fsp3) is 0.561. The fourth-order valence-corrected chi connectivity index (χ4v) is 8.29. The van der Waals surface area contributed by atoms with Crippen molar-refractivity contribution in [1.82, 2.24) is 0 Å². The molecule has 3 aliphatic rings. The van der Waals surface area contributed by atoms with Gasteiger partial charge in [-0.1, -0.05) is 76.9 Å². The van der Waals surface area contributed by atoms with Crippen molar-refractivity contribution in [3.8, 4) is 0 Å². The van der Waals surface area contributed by atoms with E-state index >= 15 is 0 Å². The Balaban J connectivity index is 0.000000260. The molecule has 3 aromatic rings. The Labute approximate surface area is 297 Å². The third-order valence-corrected chi connectivity index (χ3v) is 12.5. The van der Waals surface area contributed by atoms with Crippen molar-refractivity contribution in [2.24, 2.45) is 23.7 Å². The van der Waals surface area contributed by atoms with Crippen LogP contribution < -0.4 is 24.8 Å². The first-order chi connectivity index (χ1) is 19.9. The summed E-state index contributed by atoms with van der Waals surface area (Å²) in [6.45, 7) is 18.7. The number of allylic oxidation sites excluding steroid dienone is 4. The monoisotopic (exact) mass is 708 g/mol. The second kappa shape index (κ2) is 17.3. The third-order valence-electron chi connectivity index (χ3n) is 10.2. The van der Waals surface area contributed by atoms with Crippen molar-refractivity contribution in [2.45, 2.75) is 124 Å². The maximum atomic E-state index is 2.99. The predicted octanol–water partition coefficient (Wildman–Crippen LogP) is 5.98. The van der Waals surface area contributed by atoms with Gasteiger partial charge in [-0.15, -0.1) is 46.2 Å². The Morgan fingerprint density at radius 2 is 1.14 bits per heavy atom. The molecule has 2 unspecified atom stereocenters. The van der Waals surface area contributed by atoms with Crippen LogP contribution in [-0.2, 0) is 35.1 Å². The Morgan fingerprint density at radius 3 is 1.43 bits per heavy atom. The minimum Gasteiger partial charge on any atom is -1.00 e. The molecule has 2 saturated carbocycles. The zero-order chi connectivity index (χ0) is 30.5. The molecule has 44 heavy (non-hydrogen) atoms. The first kappa shape index (κ1) is 39.3.